The average Bonchev–Trinajstić information content (AvgIpc) is 3.26. The number of carbonyl (C=O) groups excluding carboxylic acids is 1. The van der Waals surface area contributed by atoms with Crippen LogP contribution in [-0.4, -0.2) is 32.4 Å². The van der Waals surface area contributed by atoms with E-state index in [2.05, 4.69) is 41.5 Å². The Bertz CT molecular complexity index is 1210. The van der Waals surface area contributed by atoms with Crippen molar-refractivity contribution in [3.05, 3.63) is 76.5 Å². The van der Waals surface area contributed by atoms with E-state index in [-0.39, 0.29) is 5.91 Å². The summed E-state index contributed by atoms with van der Waals surface area (Å²) in [5.41, 5.74) is 3.71. The Hall–Kier alpha value is -3.46. The highest BCUT2D eigenvalue weighted by Crippen LogP contribution is 2.27. The number of methoxy groups -OCH3 is 1. The third-order valence-electron chi connectivity index (χ3n) is 4.52. The first-order valence-corrected chi connectivity index (χ1v) is 9.97. The van der Waals surface area contributed by atoms with Gasteiger partial charge in [-0.15, -0.1) is 0 Å². The number of halogens is 1. The van der Waals surface area contributed by atoms with Crippen LogP contribution in [0.15, 0.2) is 59.7 Å². The Morgan fingerprint density at radius 2 is 2.03 bits per heavy atom. The van der Waals surface area contributed by atoms with Crippen molar-refractivity contribution in [1.29, 1.82) is 0 Å². The topological polar surface area (TPSA) is 93.4 Å². The molecule has 2 N–H and O–H groups in total. The van der Waals surface area contributed by atoms with Gasteiger partial charge in [0.25, 0.3) is 5.91 Å². The van der Waals surface area contributed by atoms with Gasteiger partial charge in [0.1, 0.15) is 10.4 Å². The third-order valence-corrected chi connectivity index (χ3v) is 5.10. The lowest BCUT2D eigenvalue weighted by molar-refractivity contribution is 0.0948. The molecule has 0 fully saturated rings. The first-order chi connectivity index (χ1) is 14.5. The molecule has 8 nitrogen and oxygen atoms in total. The van der Waals surface area contributed by atoms with Gasteiger partial charge in [0.15, 0.2) is 11.5 Å². The molecule has 9 heteroatoms. The van der Waals surface area contributed by atoms with Crippen LogP contribution in [-0.2, 0) is 6.54 Å². The molecule has 0 saturated carbocycles. The van der Waals surface area contributed by atoms with Gasteiger partial charge in [-0.1, -0.05) is 6.07 Å². The van der Waals surface area contributed by atoms with E-state index in [9.17, 15) is 4.79 Å². The molecule has 0 bridgehead atoms. The van der Waals surface area contributed by atoms with Crippen LogP contribution in [0.3, 0.4) is 0 Å². The molecular weight excluding hydrogens is 448 g/mol. The number of nitrogens with zero attached hydrogens (tertiary/aromatic N) is 4. The molecule has 30 heavy (non-hydrogen) atoms. The zero-order chi connectivity index (χ0) is 21.1. The molecule has 152 valence electrons. The van der Waals surface area contributed by atoms with Crippen molar-refractivity contribution in [2.75, 3.05) is 12.4 Å². The summed E-state index contributed by atoms with van der Waals surface area (Å²) in [4.78, 5) is 25.6. The standard InChI is InChI=1S/C21H19BrN6O2/c1-13-3-4-14(10-24-13)11-26-21(29)16-6-5-15(9-17(16)30-2)27-19-20-23-7-8-28(20)18(22)12-25-19/h3-10,12H,11H2,1-2H3,(H,25,27)(H,26,29). The lowest BCUT2D eigenvalue weighted by Crippen LogP contribution is -2.23. The Morgan fingerprint density at radius 3 is 2.80 bits per heavy atom. The van der Waals surface area contributed by atoms with Crippen molar-refractivity contribution in [3.8, 4) is 5.75 Å². The van der Waals surface area contributed by atoms with E-state index < -0.39 is 0 Å². The van der Waals surface area contributed by atoms with Gasteiger partial charge in [0.05, 0.1) is 18.9 Å². The minimum absolute atomic E-state index is 0.226. The molecule has 0 aliphatic heterocycles. The molecule has 0 unspecified atom stereocenters. The van der Waals surface area contributed by atoms with E-state index in [1.54, 1.807) is 36.8 Å². The fourth-order valence-corrected chi connectivity index (χ4v) is 3.34. The summed E-state index contributed by atoms with van der Waals surface area (Å²) < 4.78 is 8.11. The Labute approximate surface area is 181 Å². The molecular formula is C21H19BrN6O2. The number of rotatable bonds is 6. The lowest BCUT2D eigenvalue weighted by atomic mass is 10.1. The number of benzene rings is 1. The minimum atomic E-state index is -0.226. The van der Waals surface area contributed by atoms with E-state index in [0.717, 1.165) is 21.5 Å². The number of nitrogens with one attached hydrogen (secondary N) is 2. The number of fused-ring (bicyclic) bond motifs is 1. The van der Waals surface area contributed by atoms with Gasteiger partial charge in [-0.3, -0.25) is 14.2 Å². The number of ether oxygens (including phenoxy) is 1. The number of hydrogen-bond acceptors (Lipinski definition) is 6. The maximum atomic E-state index is 12.6. The monoisotopic (exact) mass is 466 g/mol. The maximum Gasteiger partial charge on any atom is 0.255 e. The molecule has 1 aromatic carbocycles. The molecule has 0 spiro atoms. The summed E-state index contributed by atoms with van der Waals surface area (Å²) in [7, 11) is 1.53. The summed E-state index contributed by atoms with van der Waals surface area (Å²) in [6.07, 6.45) is 6.98. The normalized spacial score (nSPS) is 10.8. The molecule has 0 saturated heterocycles. The summed E-state index contributed by atoms with van der Waals surface area (Å²) in [6, 6.07) is 9.12. The second kappa shape index (κ2) is 8.50. The first-order valence-electron chi connectivity index (χ1n) is 9.17. The van der Waals surface area contributed by atoms with Crippen LogP contribution in [0.1, 0.15) is 21.6 Å². The predicted octanol–water partition coefficient (Wildman–Crippen LogP) is 3.88. The SMILES string of the molecule is COc1cc(Nc2ncc(Br)n3ccnc23)ccc1C(=O)NCc1ccc(C)nc1. The van der Waals surface area contributed by atoms with Crippen LogP contribution >= 0.6 is 15.9 Å². The highest BCUT2D eigenvalue weighted by molar-refractivity contribution is 9.10. The van der Waals surface area contributed by atoms with Gasteiger partial charge in [-0.25, -0.2) is 9.97 Å². The number of aryl methyl sites for hydroxylation is 1. The van der Waals surface area contributed by atoms with Crippen LogP contribution in [0.4, 0.5) is 11.5 Å². The van der Waals surface area contributed by atoms with Gasteiger partial charge in [-0.2, -0.15) is 0 Å². The van der Waals surface area contributed by atoms with Gasteiger partial charge >= 0.3 is 0 Å². The fourth-order valence-electron chi connectivity index (χ4n) is 2.95. The fraction of sp³-hybridized carbons (Fsp3) is 0.143. The molecule has 0 atom stereocenters. The summed E-state index contributed by atoms with van der Waals surface area (Å²) in [5, 5.41) is 6.12. The van der Waals surface area contributed by atoms with E-state index >= 15 is 0 Å². The number of amides is 1. The number of pyridine rings is 1. The molecule has 0 aliphatic rings. The van der Waals surface area contributed by atoms with Gasteiger partial charge < -0.3 is 15.4 Å². The van der Waals surface area contributed by atoms with Gasteiger partial charge in [0.2, 0.25) is 0 Å². The number of aromatic nitrogens is 4. The van der Waals surface area contributed by atoms with Gasteiger partial charge in [-0.05, 0) is 46.6 Å². The smallest absolute Gasteiger partial charge is 0.255 e. The number of carbonyl (C=O) groups is 1. The van der Waals surface area contributed by atoms with Crippen molar-refractivity contribution in [2.45, 2.75) is 13.5 Å². The summed E-state index contributed by atoms with van der Waals surface area (Å²) in [6.45, 7) is 2.31. The van der Waals surface area contributed by atoms with Crippen molar-refractivity contribution in [3.63, 3.8) is 0 Å². The van der Waals surface area contributed by atoms with Gasteiger partial charge in [0, 0.05) is 42.6 Å². The van der Waals surface area contributed by atoms with Crippen LogP contribution in [0.25, 0.3) is 5.65 Å². The molecule has 4 rings (SSSR count). The quantitative estimate of drug-likeness (QED) is 0.447. The van der Waals surface area contributed by atoms with Crippen LogP contribution in [0.5, 0.6) is 5.75 Å². The van der Waals surface area contributed by atoms with E-state index in [1.165, 1.54) is 7.11 Å². The number of hydrogen-bond donors (Lipinski definition) is 2. The molecule has 3 heterocycles. The van der Waals surface area contributed by atoms with Crippen molar-refractivity contribution >= 4 is 39.0 Å². The Balaban J connectivity index is 1.52. The largest absolute Gasteiger partial charge is 0.496 e. The van der Waals surface area contributed by atoms with E-state index in [0.29, 0.717) is 29.3 Å². The lowest BCUT2D eigenvalue weighted by Gasteiger charge is -2.13. The molecule has 0 radical (unpaired) electrons. The van der Waals surface area contributed by atoms with Crippen LogP contribution < -0.4 is 15.4 Å². The zero-order valence-electron chi connectivity index (χ0n) is 16.4. The average molecular weight is 467 g/mol. The first kappa shape index (κ1) is 19.8. The van der Waals surface area contributed by atoms with Crippen molar-refractivity contribution < 1.29 is 9.53 Å². The maximum absolute atomic E-state index is 12.6. The van der Waals surface area contributed by atoms with Crippen LogP contribution in [0, 0.1) is 6.92 Å². The second-order valence-corrected chi connectivity index (χ2v) is 7.39. The molecule has 3 aromatic heterocycles. The molecule has 1 amide bonds. The Morgan fingerprint density at radius 1 is 1.17 bits per heavy atom. The highest BCUT2D eigenvalue weighted by Gasteiger charge is 2.14. The number of anilines is 2. The third kappa shape index (κ3) is 4.11. The van der Waals surface area contributed by atoms with Crippen molar-refractivity contribution in [2.24, 2.45) is 0 Å². The second-order valence-electron chi connectivity index (χ2n) is 6.58. The van der Waals surface area contributed by atoms with Crippen molar-refractivity contribution in [1.82, 2.24) is 24.7 Å². The molecule has 4 aromatic rings. The Kier molecular flexibility index (Phi) is 5.62. The highest BCUT2D eigenvalue weighted by atomic mass is 79.9. The summed E-state index contributed by atoms with van der Waals surface area (Å²) in [5.74, 6) is 0.821. The minimum Gasteiger partial charge on any atom is -0.496 e. The number of imidazole rings is 1. The van der Waals surface area contributed by atoms with Crippen LogP contribution in [0.2, 0.25) is 0 Å². The molecule has 0 aliphatic carbocycles. The summed E-state index contributed by atoms with van der Waals surface area (Å²) >= 11 is 3.44. The zero-order valence-corrected chi connectivity index (χ0v) is 18.0. The van der Waals surface area contributed by atoms with E-state index in [1.807, 2.05) is 29.7 Å². The van der Waals surface area contributed by atoms with E-state index in [4.69, 9.17) is 4.74 Å². The predicted molar refractivity (Wildman–Crippen MR) is 117 cm³/mol.